The van der Waals surface area contributed by atoms with Gasteiger partial charge in [0.25, 0.3) is 5.91 Å². The zero-order chi connectivity index (χ0) is 15.9. The summed E-state index contributed by atoms with van der Waals surface area (Å²) in [5.74, 6) is -0.560. The zero-order valence-electron chi connectivity index (χ0n) is 11.9. The van der Waals surface area contributed by atoms with Crippen molar-refractivity contribution in [1.82, 2.24) is 5.32 Å². The molecular formula is C16H14N4O2. The Morgan fingerprint density at radius 1 is 1.09 bits per heavy atom. The topological polar surface area (TPSA) is 85.2 Å². The SMILES string of the molecule is CNc1cccc(N(C#N)C(=O)NC(=O)c2ccccc2)c1. The number of urea groups is 1. The highest BCUT2D eigenvalue weighted by Gasteiger charge is 2.19. The van der Waals surface area contributed by atoms with Crippen molar-refractivity contribution in [3.8, 4) is 6.19 Å². The fraction of sp³-hybridized carbons (Fsp3) is 0.0625. The number of nitrogens with one attached hydrogen (secondary N) is 2. The molecule has 0 saturated heterocycles. The molecular weight excluding hydrogens is 280 g/mol. The molecule has 3 amide bonds. The Labute approximate surface area is 128 Å². The highest BCUT2D eigenvalue weighted by atomic mass is 16.2. The van der Waals surface area contributed by atoms with Crippen LogP contribution >= 0.6 is 0 Å². The molecule has 0 aliphatic rings. The van der Waals surface area contributed by atoms with Crippen LogP contribution in [-0.4, -0.2) is 19.0 Å². The predicted octanol–water partition coefficient (Wildman–Crippen LogP) is 2.57. The fourth-order valence-electron chi connectivity index (χ4n) is 1.84. The lowest BCUT2D eigenvalue weighted by atomic mass is 10.2. The lowest BCUT2D eigenvalue weighted by Crippen LogP contribution is -2.40. The van der Waals surface area contributed by atoms with Gasteiger partial charge in [-0.1, -0.05) is 24.3 Å². The van der Waals surface area contributed by atoms with Gasteiger partial charge in [0.15, 0.2) is 6.19 Å². The molecule has 0 spiro atoms. The molecule has 0 bridgehead atoms. The van der Waals surface area contributed by atoms with E-state index in [1.807, 2.05) is 0 Å². The minimum atomic E-state index is -0.801. The quantitative estimate of drug-likeness (QED) is 0.673. The van der Waals surface area contributed by atoms with Crippen LogP contribution in [-0.2, 0) is 0 Å². The molecule has 2 aromatic rings. The lowest BCUT2D eigenvalue weighted by Gasteiger charge is -2.15. The minimum Gasteiger partial charge on any atom is -0.388 e. The third-order valence-corrected chi connectivity index (χ3v) is 2.95. The number of carbonyl (C=O) groups is 2. The van der Waals surface area contributed by atoms with Gasteiger partial charge in [0.05, 0.1) is 5.69 Å². The first kappa shape index (κ1) is 15.1. The van der Waals surface area contributed by atoms with Gasteiger partial charge in [-0.05, 0) is 30.3 Å². The van der Waals surface area contributed by atoms with Gasteiger partial charge >= 0.3 is 6.03 Å². The molecule has 0 heterocycles. The standard InChI is InChI=1S/C16H14N4O2/c1-18-13-8-5-9-14(10-13)20(11-17)16(22)19-15(21)12-6-3-2-4-7-12/h2-10,18H,1H3,(H,19,21,22). The van der Waals surface area contributed by atoms with Crippen LogP contribution in [0.3, 0.4) is 0 Å². The van der Waals surface area contributed by atoms with Crippen LogP contribution in [0, 0.1) is 11.5 Å². The summed E-state index contributed by atoms with van der Waals surface area (Å²) in [6, 6.07) is 14.3. The summed E-state index contributed by atoms with van der Waals surface area (Å²) < 4.78 is 0. The third-order valence-electron chi connectivity index (χ3n) is 2.95. The number of nitriles is 1. The van der Waals surface area contributed by atoms with Crippen molar-refractivity contribution >= 4 is 23.3 Å². The van der Waals surface area contributed by atoms with E-state index in [-0.39, 0.29) is 0 Å². The van der Waals surface area contributed by atoms with Gasteiger partial charge in [0, 0.05) is 18.3 Å². The van der Waals surface area contributed by atoms with E-state index in [0.717, 1.165) is 10.6 Å². The Bertz CT molecular complexity index is 722. The maximum absolute atomic E-state index is 12.1. The fourth-order valence-corrected chi connectivity index (χ4v) is 1.84. The van der Waals surface area contributed by atoms with E-state index in [1.54, 1.807) is 67.8 Å². The van der Waals surface area contributed by atoms with Crippen LogP contribution in [0.4, 0.5) is 16.2 Å². The molecule has 6 nitrogen and oxygen atoms in total. The summed E-state index contributed by atoms with van der Waals surface area (Å²) in [7, 11) is 1.73. The summed E-state index contributed by atoms with van der Waals surface area (Å²) in [6.45, 7) is 0. The number of imide groups is 1. The molecule has 0 atom stereocenters. The van der Waals surface area contributed by atoms with E-state index in [2.05, 4.69) is 10.6 Å². The number of hydrogen-bond acceptors (Lipinski definition) is 4. The summed E-state index contributed by atoms with van der Waals surface area (Å²) in [5, 5.41) is 14.3. The van der Waals surface area contributed by atoms with Crippen molar-refractivity contribution in [2.24, 2.45) is 0 Å². The summed E-state index contributed by atoms with van der Waals surface area (Å²) >= 11 is 0. The van der Waals surface area contributed by atoms with Crippen LogP contribution in [0.25, 0.3) is 0 Å². The number of benzene rings is 2. The molecule has 0 aliphatic heterocycles. The van der Waals surface area contributed by atoms with Crippen LogP contribution in [0.5, 0.6) is 0 Å². The summed E-state index contributed by atoms with van der Waals surface area (Å²) in [6.07, 6.45) is 1.77. The summed E-state index contributed by atoms with van der Waals surface area (Å²) in [4.78, 5) is 24.9. The van der Waals surface area contributed by atoms with E-state index >= 15 is 0 Å². The number of nitrogens with zero attached hydrogens (tertiary/aromatic N) is 2. The average Bonchev–Trinajstić information content (AvgIpc) is 2.56. The summed E-state index contributed by atoms with van der Waals surface area (Å²) in [5.41, 5.74) is 1.46. The second-order valence-corrected chi connectivity index (χ2v) is 4.36. The molecule has 0 aromatic heterocycles. The van der Waals surface area contributed by atoms with Gasteiger partial charge in [-0.15, -0.1) is 0 Å². The first-order valence-corrected chi connectivity index (χ1v) is 6.53. The van der Waals surface area contributed by atoms with Crippen molar-refractivity contribution < 1.29 is 9.59 Å². The van der Waals surface area contributed by atoms with Crippen molar-refractivity contribution in [2.45, 2.75) is 0 Å². The highest BCUT2D eigenvalue weighted by molar-refractivity contribution is 6.09. The first-order valence-electron chi connectivity index (χ1n) is 6.53. The van der Waals surface area contributed by atoms with Crippen molar-refractivity contribution in [1.29, 1.82) is 5.26 Å². The minimum absolute atomic E-state index is 0.345. The second kappa shape index (κ2) is 6.90. The largest absolute Gasteiger partial charge is 0.388 e. The number of anilines is 2. The highest BCUT2D eigenvalue weighted by Crippen LogP contribution is 2.18. The third kappa shape index (κ3) is 3.41. The van der Waals surface area contributed by atoms with Crippen molar-refractivity contribution in [2.75, 3.05) is 17.3 Å². The molecule has 0 aliphatic carbocycles. The monoisotopic (exact) mass is 294 g/mol. The van der Waals surface area contributed by atoms with Gasteiger partial charge < -0.3 is 5.32 Å². The van der Waals surface area contributed by atoms with E-state index in [9.17, 15) is 14.9 Å². The van der Waals surface area contributed by atoms with Crippen LogP contribution < -0.4 is 15.5 Å². The van der Waals surface area contributed by atoms with Gasteiger partial charge in [-0.25, -0.2) is 4.79 Å². The Kier molecular flexibility index (Phi) is 4.73. The van der Waals surface area contributed by atoms with E-state index in [1.165, 1.54) is 0 Å². The number of carbonyl (C=O) groups excluding carboxylic acids is 2. The Hall–Kier alpha value is -3.33. The van der Waals surface area contributed by atoms with Gasteiger partial charge in [-0.2, -0.15) is 10.2 Å². The van der Waals surface area contributed by atoms with Gasteiger partial charge in [0.1, 0.15) is 0 Å². The first-order chi connectivity index (χ1) is 10.7. The molecule has 2 rings (SSSR count). The molecule has 0 fully saturated rings. The molecule has 2 N–H and O–H groups in total. The van der Waals surface area contributed by atoms with E-state index in [4.69, 9.17) is 0 Å². The molecule has 110 valence electrons. The van der Waals surface area contributed by atoms with E-state index in [0.29, 0.717) is 11.3 Å². The Morgan fingerprint density at radius 3 is 2.45 bits per heavy atom. The van der Waals surface area contributed by atoms with Gasteiger partial charge in [0.2, 0.25) is 0 Å². The van der Waals surface area contributed by atoms with Crippen molar-refractivity contribution in [3.63, 3.8) is 0 Å². The number of hydrogen-bond donors (Lipinski definition) is 2. The van der Waals surface area contributed by atoms with Gasteiger partial charge in [-0.3, -0.25) is 10.1 Å². The van der Waals surface area contributed by atoms with E-state index < -0.39 is 11.9 Å². The predicted molar refractivity (Wildman–Crippen MR) is 83.4 cm³/mol. The molecule has 6 heteroatoms. The van der Waals surface area contributed by atoms with Crippen LogP contribution in [0.2, 0.25) is 0 Å². The smallest absolute Gasteiger partial charge is 0.342 e. The molecule has 0 unspecified atom stereocenters. The zero-order valence-corrected chi connectivity index (χ0v) is 11.9. The normalized spacial score (nSPS) is 9.45. The average molecular weight is 294 g/mol. The Morgan fingerprint density at radius 2 is 1.82 bits per heavy atom. The maximum Gasteiger partial charge on any atom is 0.342 e. The lowest BCUT2D eigenvalue weighted by molar-refractivity contribution is 0.0966. The molecule has 0 saturated carbocycles. The molecule has 0 radical (unpaired) electrons. The maximum atomic E-state index is 12.1. The number of rotatable bonds is 3. The van der Waals surface area contributed by atoms with Crippen LogP contribution in [0.15, 0.2) is 54.6 Å². The van der Waals surface area contributed by atoms with Crippen molar-refractivity contribution in [3.05, 3.63) is 60.2 Å². The Balaban J connectivity index is 2.16. The second-order valence-electron chi connectivity index (χ2n) is 4.36. The number of amides is 3. The van der Waals surface area contributed by atoms with Crippen LogP contribution in [0.1, 0.15) is 10.4 Å². The molecule has 2 aromatic carbocycles. The molecule has 22 heavy (non-hydrogen) atoms.